The molecule has 1 amide bonds. The Hall–Kier alpha value is -2.57. The van der Waals surface area contributed by atoms with Gasteiger partial charge in [0.1, 0.15) is 12.3 Å². The minimum atomic E-state index is -0.517. The zero-order valence-corrected chi connectivity index (χ0v) is 11.9. The van der Waals surface area contributed by atoms with E-state index in [1.165, 1.54) is 23.9 Å². The average molecular weight is 291 g/mol. The Balaban J connectivity index is 1.97. The lowest BCUT2D eigenvalue weighted by Gasteiger charge is -2.13. The molecular weight excluding hydrogens is 274 g/mol. The van der Waals surface area contributed by atoms with E-state index in [1.807, 2.05) is 13.0 Å². The van der Waals surface area contributed by atoms with Crippen LogP contribution in [0.15, 0.2) is 44.7 Å². The fourth-order valence-corrected chi connectivity index (χ4v) is 1.99. The zero-order valence-electron chi connectivity index (χ0n) is 11.9. The van der Waals surface area contributed by atoms with Gasteiger partial charge in [-0.05, 0) is 19.1 Å². The molecule has 112 valence electrons. The minimum absolute atomic E-state index is 0.119. The molecule has 7 heteroatoms. The van der Waals surface area contributed by atoms with E-state index < -0.39 is 11.2 Å². The number of hydrogen-bond donors (Lipinski definition) is 1. The maximum absolute atomic E-state index is 11.9. The molecule has 0 aliphatic heterocycles. The monoisotopic (exact) mass is 291 g/mol. The van der Waals surface area contributed by atoms with Gasteiger partial charge in [0.2, 0.25) is 5.91 Å². The topological polar surface area (TPSA) is 86.2 Å². The van der Waals surface area contributed by atoms with Crippen molar-refractivity contribution in [2.75, 3.05) is 0 Å². The molecule has 0 saturated heterocycles. The average Bonchev–Trinajstić information content (AvgIpc) is 2.92. The van der Waals surface area contributed by atoms with E-state index in [-0.39, 0.29) is 18.5 Å². The van der Waals surface area contributed by atoms with Crippen molar-refractivity contribution < 1.29 is 9.21 Å². The molecule has 2 aromatic heterocycles. The lowest BCUT2D eigenvalue weighted by molar-refractivity contribution is -0.122. The first-order valence-electron chi connectivity index (χ1n) is 6.55. The van der Waals surface area contributed by atoms with Crippen LogP contribution >= 0.6 is 0 Å². The van der Waals surface area contributed by atoms with Gasteiger partial charge in [0.05, 0.1) is 6.26 Å². The van der Waals surface area contributed by atoms with E-state index in [2.05, 4.69) is 5.32 Å². The highest BCUT2D eigenvalue weighted by Crippen LogP contribution is 2.03. The summed E-state index contributed by atoms with van der Waals surface area (Å²) in [5, 5.41) is 2.78. The second kappa shape index (κ2) is 6.25. The van der Waals surface area contributed by atoms with Crippen LogP contribution in [-0.2, 0) is 24.8 Å². The van der Waals surface area contributed by atoms with Gasteiger partial charge in [-0.1, -0.05) is 0 Å². The normalized spacial score (nSPS) is 12.1. The predicted octanol–water partition coefficient (Wildman–Crippen LogP) is -0.113. The van der Waals surface area contributed by atoms with E-state index in [0.717, 1.165) is 10.3 Å². The summed E-state index contributed by atoms with van der Waals surface area (Å²) in [6.07, 6.45) is 3.47. The molecule has 0 bridgehead atoms. The first-order valence-corrected chi connectivity index (χ1v) is 6.55. The van der Waals surface area contributed by atoms with Gasteiger partial charge < -0.3 is 9.73 Å². The maximum Gasteiger partial charge on any atom is 0.331 e. The van der Waals surface area contributed by atoms with Crippen molar-refractivity contribution in [3.8, 4) is 0 Å². The Kier molecular flexibility index (Phi) is 4.42. The molecule has 2 aromatic rings. The number of nitrogens with one attached hydrogen (secondary N) is 1. The summed E-state index contributed by atoms with van der Waals surface area (Å²) in [6.45, 7) is 1.72. The van der Waals surface area contributed by atoms with Gasteiger partial charge >= 0.3 is 5.69 Å². The molecule has 0 radical (unpaired) electrons. The Bertz CT molecular complexity index is 727. The lowest BCUT2D eigenvalue weighted by atomic mass is 10.2. The van der Waals surface area contributed by atoms with Gasteiger partial charge in [-0.2, -0.15) is 0 Å². The number of carbonyl (C=O) groups is 1. The summed E-state index contributed by atoms with van der Waals surface area (Å²) in [5.74, 6) is 0.483. The van der Waals surface area contributed by atoms with Gasteiger partial charge in [0.15, 0.2) is 0 Å². The molecular formula is C14H17N3O4. The molecule has 1 N–H and O–H groups in total. The van der Waals surface area contributed by atoms with Crippen molar-refractivity contribution in [3.63, 3.8) is 0 Å². The fourth-order valence-electron chi connectivity index (χ4n) is 1.99. The van der Waals surface area contributed by atoms with Crippen LogP contribution in [0.25, 0.3) is 0 Å². The van der Waals surface area contributed by atoms with Crippen molar-refractivity contribution in [1.82, 2.24) is 14.5 Å². The van der Waals surface area contributed by atoms with Crippen LogP contribution < -0.4 is 16.6 Å². The standard InChI is InChI=1S/C14H17N3O4/c1-10(8-11-4-3-7-21-11)15-12(18)9-17-6-5-13(19)16(2)14(17)20/h3-7,10H,8-9H2,1-2H3,(H,15,18). The number of nitrogens with zero attached hydrogens (tertiary/aromatic N) is 2. The van der Waals surface area contributed by atoms with Gasteiger partial charge in [0.25, 0.3) is 5.56 Å². The molecule has 0 fully saturated rings. The highest BCUT2D eigenvalue weighted by molar-refractivity contribution is 5.76. The second-order valence-corrected chi connectivity index (χ2v) is 4.88. The quantitative estimate of drug-likeness (QED) is 0.832. The van der Waals surface area contributed by atoms with E-state index in [9.17, 15) is 14.4 Å². The van der Waals surface area contributed by atoms with E-state index in [4.69, 9.17) is 4.42 Å². The molecule has 21 heavy (non-hydrogen) atoms. The van der Waals surface area contributed by atoms with Gasteiger partial charge in [0, 0.05) is 31.8 Å². The molecule has 1 unspecified atom stereocenters. The Morgan fingerprint density at radius 1 is 1.38 bits per heavy atom. The highest BCUT2D eigenvalue weighted by atomic mass is 16.3. The summed E-state index contributed by atoms with van der Waals surface area (Å²) in [4.78, 5) is 35.0. The van der Waals surface area contributed by atoms with Crippen LogP contribution in [0.4, 0.5) is 0 Å². The number of aromatic nitrogens is 2. The Morgan fingerprint density at radius 3 is 2.81 bits per heavy atom. The molecule has 0 aliphatic rings. The number of carbonyl (C=O) groups excluding carboxylic acids is 1. The number of amides is 1. The van der Waals surface area contributed by atoms with Crippen molar-refractivity contribution in [1.29, 1.82) is 0 Å². The third kappa shape index (κ3) is 3.71. The lowest BCUT2D eigenvalue weighted by Crippen LogP contribution is -2.42. The molecule has 1 atom stereocenters. The maximum atomic E-state index is 11.9. The van der Waals surface area contributed by atoms with Gasteiger partial charge in [-0.3, -0.25) is 18.7 Å². The molecule has 2 heterocycles. The van der Waals surface area contributed by atoms with Crippen molar-refractivity contribution >= 4 is 5.91 Å². The summed E-state index contributed by atoms with van der Waals surface area (Å²) in [7, 11) is 1.37. The van der Waals surface area contributed by atoms with Gasteiger partial charge in [-0.25, -0.2) is 4.79 Å². The van der Waals surface area contributed by atoms with Crippen LogP contribution in [0.1, 0.15) is 12.7 Å². The van der Waals surface area contributed by atoms with Crippen LogP contribution in [0.3, 0.4) is 0 Å². The summed E-state index contributed by atoms with van der Waals surface area (Å²) >= 11 is 0. The van der Waals surface area contributed by atoms with Crippen molar-refractivity contribution in [2.24, 2.45) is 7.05 Å². The molecule has 2 rings (SSSR count). The predicted molar refractivity (Wildman–Crippen MR) is 76.0 cm³/mol. The van der Waals surface area contributed by atoms with Crippen LogP contribution in [0.2, 0.25) is 0 Å². The zero-order chi connectivity index (χ0) is 15.4. The van der Waals surface area contributed by atoms with E-state index >= 15 is 0 Å². The van der Waals surface area contributed by atoms with Crippen molar-refractivity contribution in [2.45, 2.75) is 25.9 Å². The molecule has 7 nitrogen and oxygen atoms in total. The van der Waals surface area contributed by atoms with Crippen LogP contribution in [0, 0.1) is 0 Å². The summed E-state index contributed by atoms with van der Waals surface area (Å²) < 4.78 is 7.36. The second-order valence-electron chi connectivity index (χ2n) is 4.88. The Morgan fingerprint density at radius 2 is 2.14 bits per heavy atom. The van der Waals surface area contributed by atoms with Crippen LogP contribution in [0.5, 0.6) is 0 Å². The summed E-state index contributed by atoms with van der Waals surface area (Å²) in [6, 6.07) is 4.75. The molecule has 0 saturated carbocycles. The number of hydrogen-bond acceptors (Lipinski definition) is 4. The number of furan rings is 1. The third-order valence-electron chi connectivity index (χ3n) is 3.07. The SMILES string of the molecule is CC(Cc1ccco1)NC(=O)Cn1ccc(=O)n(C)c1=O. The van der Waals surface area contributed by atoms with E-state index in [1.54, 1.807) is 12.3 Å². The highest BCUT2D eigenvalue weighted by Gasteiger charge is 2.11. The molecule has 0 spiro atoms. The minimum Gasteiger partial charge on any atom is -0.469 e. The Labute approximate surface area is 120 Å². The molecule has 0 aliphatic carbocycles. The first-order chi connectivity index (χ1) is 9.97. The largest absolute Gasteiger partial charge is 0.469 e. The van der Waals surface area contributed by atoms with Crippen LogP contribution in [-0.4, -0.2) is 21.1 Å². The van der Waals surface area contributed by atoms with E-state index in [0.29, 0.717) is 6.42 Å². The molecule has 0 aromatic carbocycles. The summed E-state index contributed by atoms with van der Waals surface area (Å²) in [5.41, 5.74) is -0.917. The number of rotatable bonds is 5. The van der Waals surface area contributed by atoms with Gasteiger partial charge in [-0.15, -0.1) is 0 Å². The third-order valence-corrected chi connectivity index (χ3v) is 3.07. The first kappa shape index (κ1) is 14.8. The fraction of sp³-hybridized carbons (Fsp3) is 0.357. The smallest absolute Gasteiger partial charge is 0.331 e. The van der Waals surface area contributed by atoms with Crippen molar-refractivity contribution in [3.05, 3.63) is 57.3 Å².